The van der Waals surface area contributed by atoms with Gasteiger partial charge in [0.15, 0.2) is 0 Å². The number of hydrogen-bond donors (Lipinski definition) is 1. The van der Waals surface area contributed by atoms with Gasteiger partial charge in [-0.1, -0.05) is 23.4 Å². The van der Waals surface area contributed by atoms with Crippen molar-refractivity contribution in [1.82, 2.24) is 24.4 Å². The van der Waals surface area contributed by atoms with E-state index >= 15 is 0 Å². The van der Waals surface area contributed by atoms with Gasteiger partial charge in [0.05, 0.1) is 61.1 Å². The standard InChI is InChI=1S/C25H29ClIN7O3S/c26-21-17(2-1-16-20(21)24(35)34(14-31-16)15-32-7-9-36-10-8-32)38-19-12-29-18(11-30-19)33-5-3-25(4-6-33)13-37-23(27)22(25)28/h1-2,11-12,14,22-23H,3-10,13,15,28H2/t22-,23-/m1/s1. The second kappa shape index (κ2) is 11.1. The summed E-state index contributed by atoms with van der Waals surface area (Å²) in [6.07, 6.45) is 7.11. The van der Waals surface area contributed by atoms with Crippen LogP contribution in [-0.2, 0) is 16.1 Å². The Morgan fingerprint density at radius 3 is 2.61 bits per heavy atom. The summed E-state index contributed by atoms with van der Waals surface area (Å²) in [5, 5.41) is 1.51. The number of ether oxygens (including phenoxy) is 2. The highest BCUT2D eigenvalue weighted by atomic mass is 127. The Bertz CT molecular complexity index is 1360. The number of halogens is 2. The maximum atomic E-state index is 13.3. The molecule has 38 heavy (non-hydrogen) atoms. The number of hydrogen-bond acceptors (Lipinski definition) is 10. The van der Waals surface area contributed by atoms with Crippen molar-refractivity contribution in [3.63, 3.8) is 0 Å². The average Bonchev–Trinajstić information content (AvgIpc) is 3.21. The Morgan fingerprint density at radius 2 is 1.92 bits per heavy atom. The predicted molar refractivity (Wildman–Crippen MR) is 155 cm³/mol. The maximum absolute atomic E-state index is 13.3. The normalized spacial score (nSPS) is 23.9. The van der Waals surface area contributed by atoms with Crippen LogP contribution in [0.2, 0.25) is 5.02 Å². The third-order valence-corrected chi connectivity index (χ3v) is 10.4. The molecule has 1 aromatic carbocycles. The molecule has 202 valence electrons. The number of alkyl halides is 1. The zero-order valence-corrected chi connectivity index (χ0v) is 24.5. The molecule has 3 aromatic rings. The molecule has 0 aliphatic carbocycles. The van der Waals surface area contributed by atoms with Gasteiger partial charge in [0.1, 0.15) is 15.0 Å². The van der Waals surface area contributed by atoms with Gasteiger partial charge in [-0.15, -0.1) is 0 Å². The van der Waals surface area contributed by atoms with Gasteiger partial charge in [-0.3, -0.25) is 14.3 Å². The fourth-order valence-corrected chi connectivity index (χ4v) is 7.41. The van der Waals surface area contributed by atoms with Crippen molar-refractivity contribution in [2.45, 2.75) is 39.6 Å². The lowest BCUT2D eigenvalue weighted by molar-refractivity contribution is 0.0228. The smallest absolute Gasteiger partial charge is 0.263 e. The molecule has 1 spiro atoms. The summed E-state index contributed by atoms with van der Waals surface area (Å²) < 4.78 is 12.9. The van der Waals surface area contributed by atoms with Gasteiger partial charge in [0.2, 0.25) is 0 Å². The third kappa shape index (κ3) is 5.16. The van der Waals surface area contributed by atoms with Crippen LogP contribution in [0.5, 0.6) is 0 Å². The molecule has 13 heteroatoms. The van der Waals surface area contributed by atoms with E-state index in [0.717, 1.165) is 56.3 Å². The Morgan fingerprint density at radius 1 is 1.13 bits per heavy atom. The Labute approximate surface area is 243 Å². The van der Waals surface area contributed by atoms with E-state index in [-0.39, 0.29) is 21.1 Å². The highest BCUT2D eigenvalue weighted by Gasteiger charge is 2.48. The molecule has 0 amide bonds. The van der Waals surface area contributed by atoms with E-state index in [2.05, 4.69) is 47.3 Å². The van der Waals surface area contributed by atoms with Crippen LogP contribution in [0.1, 0.15) is 12.8 Å². The summed E-state index contributed by atoms with van der Waals surface area (Å²) in [4.78, 5) is 32.3. The first-order chi connectivity index (χ1) is 18.4. The molecular weight excluding hydrogens is 641 g/mol. The Hall–Kier alpha value is -1.55. The van der Waals surface area contributed by atoms with E-state index in [1.807, 2.05) is 12.1 Å². The van der Waals surface area contributed by atoms with Crippen molar-refractivity contribution >= 4 is 62.7 Å². The van der Waals surface area contributed by atoms with Crippen LogP contribution in [0.4, 0.5) is 5.82 Å². The van der Waals surface area contributed by atoms with Crippen molar-refractivity contribution in [1.29, 1.82) is 0 Å². The highest BCUT2D eigenvalue weighted by molar-refractivity contribution is 14.1. The van der Waals surface area contributed by atoms with Gasteiger partial charge < -0.3 is 20.1 Å². The molecule has 3 aliphatic rings. The number of piperidine rings is 1. The molecule has 5 heterocycles. The largest absolute Gasteiger partial charge is 0.379 e. The van der Waals surface area contributed by atoms with Crippen molar-refractivity contribution < 1.29 is 9.47 Å². The van der Waals surface area contributed by atoms with E-state index < -0.39 is 0 Å². The van der Waals surface area contributed by atoms with Crippen LogP contribution in [0.25, 0.3) is 10.9 Å². The minimum atomic E-state index is -0.153. The minimum Gasteiger partial charge on any atom is -0.379 e. The molecule has 3 saturated heterocycles. The molecule has 3 fully saturated rings. The first-order valence-electron chi connectivity index (χ1n) is 12.7. The summed E-state index contributed by atoms with van der Waals surface area (Å²) in [6.45, 7) is 5.83. The second-order valence-electron chi connectivity index (χ2n) is 10.0. The Kier molecular flexibility index (Phi) is 7.82. The number of nitrogens with two attached hydrogens (primary N) is 1. The number of morpholine rings is 1. The number of anilines is 1. The topological polar surface area (TPSA) is 112 Å². The van der Waals surface area contributed by atoms with E-state index in [9.17, 15) is 4.79 Å². The zero-order valence-electron chi connectivity index (χ0n) is 20.8. The van der Waals surface area contributed by atoms with Crippen LogP contribution in [-0.4, -0.2) is 80.6 Å². The molecule has 3 aliphatic heterocycles. The SMILES string of the molecule is N[C@@H]1[C@H](I)OCC12CCN(c1cnc(Sc3ccc4ncn(CN5CCOCC5)c(=O)c4c3Cl)cn1)CC2. The van der Waals surface area contributed by atoms with Gasteiger partial charge in [-0.05, 0) is 47.6 Å². The van der Waals surface area contributed by atoms with E-state index in [1.165, 1.54) is 11.8 Å². The summed E-state index contributed by atoms with van der Waals surface area (Å²) in [7, 11) is 0. The third-order valence-electron chi connectivity index (χ3n) is 7.78. The first kappa shape index (κ1) is 26.7. The van der Waals surface area contributed by atoms with Gasteiger partial charge in [0.25, 0.3) is 5.56 Å². The molecule has 10 nitrogen and oxygen atoms in total. The van der Waals surface area contributed by atoms with Crippen molar-refractivity contribution in [2.75, 3.05) is 50.9 Å². The summed E-state index contributed by atoms with van der Waals surface area (Å²) in [5.74, 6) is 0.850. The number of fused-ring (bicyclic) bond motifs is 1. The quantitative estimate of drug-likeness (QED) is 0.322. The molecule has 2 N–H and O–H groups in total. The van der Waals surface area contributed by atoms with Crippen LogP contribution in [0, 0.1) is 5.41 Å². The number of nitrogens with zero attached hydrogens (tertiary/aromatic N) is 6. The fraction of sp³-hybridized carbons (Fsp3) is 0.520. The lowest BCUT2D eigenvalue weighted by atomic mass is 9.75. The average molecular weight is 670 g/mol. The first-order valence-corrected chi connectivity index (χ1v) is 15.1. The number of benzene rings is 1. The lowest BCUT2D eigenvalue weighted by Gasteiger charge is -2.41. The monoisotopic (exact) mass is 669 g/mol. The summed E-state index contributed by atoms with van der Waals surface area (Å²) >= 11 is 10.4. The highest BCUT2D eigenvalue weighted by Crippen LogP contribution is 2.43. The lowest BCUT2D eigenvalue weighted by Crippen LogP contribution is -2.50. The molecule has 0 radical (unpaired) electrons. The molecule has 0 unspecified atom stereocenters. The second-order valence-corrected chi connectivity index (χ2v) is 12.7. The fourth-order valence-electron chi connectivity index (χ4n) is 5.34. The van der Waals surface area contributed by atoms with Gasteiger partial charge in [-0.25, -0.2) is 15.0 Å². The molecule has 0 saturated carbocycles. The van der Waals surface area contributed by atoms with Crippen LogP contribution in [0.15, 0.2) is 45.6 Å². The van der Waals surface area contributed by atoms with Crippen LogP contribution in [0.3, 0.4) is 0 Å². The van der Waals surface area contributed by atoms with E-state index in [1.54, 1.807) is 23.3 Å². The molecule has 2 aromatic heterocycles. The maximum Gasteiger partial charge on any atom is 0.263 e. The molecule has 6 rings (SSSR count). The molecule has 2 atom stereocenters. The van der Waals surface area contributed by atoms with E-state index in [0.29, 0.717) is 40.8 Å². The molecule has 0 bridgehead atoms. The van der Waals surface area contributed by atoms with Crippen molar-refractivity contribution in [3.8, 4) is 0 Å². The van der Waals surface area contributed by atoms with Gasteiger partial charge in [0, 0.05) is 42.5 Å². The summed E-state index contributed by atoms with van der Waals surface area (Å²) in [6, 6.07) is 3.77. The van der Waals surface area contributed by atoms with Gasteiger partial charge >= 0.3 is 0 Å². The summed E-state index contributed by atoms with van der Waals surface area (Å²) in [5.41, 5.74) is 6.93. The van der Waals surface area contributed by atoms with Crippen molar-refractivity contribution in [3.05, 3.63) is 46.2 Å². The van der Waals surface area contributed by atoms with Crippen LogP contribution < -0.4 is 16.2 Å². The van der Waals surface area contributed by atoms with Crippen molar-refractivity contribution in [2.24, 2.45) is 11.1 Å². The number of rotatable bonds is 5. The Balaban J connectivity index is 1.16. The zero-order chi connectivity index (χ0) is 26.3. The van der Waals surface area contributed by atoms with Gasteiger partial charge in [-0.2, -0.15) is 0 Å². The van der Waals surface area contributed by atoms with Crippen LogP contribution >= 0.6 is 46.0 Å². The molecular formula is C25H29ClIN7O3S. The minimum absolute atomic E-state index is 0.0635. The van der Waals surface area contributed by atoms with E-state index in [4.69, 9.17) is 26.8 Å². The predicted octanol–water partition coefficient (Wildman–Crippen LogP) is 2.99. The number of aromatic nitrogens is 4.